The highest BCUT2D eigenvalue weighted by Crippen LogP contribution is 2.24. The Bertz CT molecular complexity index is 1010. The van der Waals surface area contributed by atoms with Crippen LogP contribution in [0.2, 0.25) is 10.0 Å². The Morgan fingerprint density at radius 1 is 0.900 bits per heavy atom. The summed E-state index contributed by atoms with van der Waals surface area (Å²) in [4.78, 5) is 12.1. The maximum Gasteiger partial charge on any atom is 0.271 e. The minimum atomic E-state index is -0.298. The van der Waals surface area contributed by atoms with Gasteiger partial charge in [0, 0.05) is 22.6 Å². The molecule has 5 nitrogen and oxygen atoms in total. The molecule has 0 radical (unpaired) electrons. The molecule has 3 aromatic rings. The molecule has 1 amide bonds. The molecule has 0 aromatic heterocycles. The van der Waals surface area contributed by atoms with Crippen LogP contribution in [0.4, 0.5) is 0 Å². The molecule has 0 unspecified atom stereocenters. The van der Waals surface area contributed by atoms with Crippen molar-refractivity contribution in [2.24, 2.45) is 5.10 Å². The topological polar surface area (TPSA) is 59.9 Å². The number of para-hydroxylation sites is 1. The van der Waals surface area contributed by atoms with Crippen LogP contribution in [0.3, 0.4) is 0 Å². The van der Waals surface area contributed by atoms with Crippen molar-refractivity contribution in [3.63, 3.8) is 0 Å². The Hall–Kier alpha value is -3.02. The van der Waals surface area contributed by atoms with E-state index in [0.29, 0.717) is 52.3 Å². The number of rotatable bonds is 9. The first-order valence-corrected chi connectivity index (χ1v) is 10.1. The maximum absolute atomic E-state index is 12.1. The summed E-state index contributed by atoms with van der Waals surface area (Å²) in [6.45, 7) is 0.900. The first-order chi connectivity index (χ1) is 14.6. The summed E-state index contributed by atoms with van der Waals surface area (Å²) in [5.74, 6) is 0.954. The number of hydrogen-bond acceptors (Lipinski definition) is 4. The van der Waals surface area contributed by atoms with E-state index in [1.807, 2.05) is 24.3 Å². The minimum Gasteiger partial charge on any atom is -0.493 e. The standard InChI is InChI=1S/C23H20Cl2N2O3/c24-19-11-12-21(29-13-6-14-30-22-10-5-4-9-20(22)25)18(15-19)16-26-27-23(28)17-7-2-1-3-8-17/h1-5,7-12,15-16H,6,13-14H2,(H,27,28)/b26-16+. The van der Waals surface area contributed by atoms with Gasteiger partial charge in [-0.05, 0) is 42.5 Å². The zero-order valence-electron chi connectivity index (χ0n) is 16.1. The molecule has 30 heavy (non-hydrogen) atoms. The van der Waals surface area contributed by atoms with Crippen LogP contribution < -0.4 is 14.9 Å². The fraction of sp³-hybridized carbons (Fsp3) is 0.130. The molecule has 1 N–H and O–H groups in total. The van der Waals surface area contributed by atoms with Crippen LogP contribution in [0.15, 0.2) is 77.9 Å². The smallest absolute Gasteiger partial charge is 0.271 e. The van der Waals surface area contributed by atoms with Crippen LogP contribution in [0.1, 0.15) is 22.3 Å². The average molecular weight is 443 g/mol. The molecule has 0 saturated carbocycles. The molecule has 7 heteroatoms. The van der Waals surface area contributed by atoms with Gasteiger partial charge in [-0.2, -0.15) is 5.10 Å². The van der Waals surface area contributed by atoms with E-state index in [4.69, 9.17) is 32.7 Å². The highest BCUT2D eigenvalue weighted by Gasteiger charge is 2.06. The van der Waals surface area contributed by atoms with Crippen LogP contribution in [0.5, 0.6) is 11.5 Å². The molecule has 3 aromatic carbocycles. The van der Waals surface area contributed by atoms with Crippen LogP contribution in [0, 0.1) is 0 Å². The molecule has 0 aliphatic rings. The van der Waals surface area contributed by atoms with Crippen molar-refractivity contribution in [3.8, 4) is 11.5 Å². The normalized spacial score (nSPS) is 10.7. The minimum absolute atomic E-state index is 0.298. The Kier molecular flexibility index (Phi) is 8.12. The van der Waals surface area contributed by atoms with E-state index in [1.54, 1.807) is 48.5 Å². The third kappa shape index (κ3) is 6.51. The van der Waals surface area contributed by atoms with Gasteiger partial charge in [0.15, 0.2) is 0 Å². The Balaban J connectivity index is 1.52. The first kappa shape index (κ1) is 21.7. The second-order valence-corrected chi connectivity index (χ2v) is 7.07. The van der Waals surface area contributed by atoms with Crippen molar-refractivity contribution in [2.45, 2.75) is 6.42 Å². The summed E-state index contributed by atoms with van der Waals surface area (Å²) in [6, 6.07) is 21.4. The number of amides is 1. The summed E-state index contributed by atoms with van der Waals surface area (Å²) < 4.78 is 11.5. The molecule has 0 aliphatic heterocycles. The highest BCUT2D eigenvalue weighted by atomic mass is 35.5. The predicted molar refractivity (Wildman–Crippen MR) is 120 cm³/mol. The summed E-state index contributed by atoms with van der Waals surface area (Å²) in [5, 5.41) is 5.13. The van der Waals surface area contributed by atoms with Crippen molar-refractivity contribution in [1.29, 1.82) is 0 Å². The fourth-order valence-corrected chi connectivity index (χ4v) is 2.92. The molecule has 0 atom stereocenters. The summed E-state index contributed by atoms with van der Waals surface area (Å²) in [6.07, 6.45) is 2.16. The zero-order valence-corrected chi connectivity index (χ0v) is 17.6. The zero-order chi connectivity index (χ0) is 21.2. The van der Waals surface area contributed by atoms with E-state index in [0.717, 1.165) is 0 Å². The van der Waals surface area contributed by atoms with Gasteiger partial charge in [0.2, 0.25) is 0 Å². The number of hydrogen-bond donors (Lipinski definition) is 1. The Morgan fingerprint density at radius 3 is 2.37 bits per heavy atom. The number of ether oxygens (including phenoxy) is 2. The number of halogens is 2. The fourth-order valence-electron chi connectivity index (χ4n) is 2.55. The first-order valence-electron chi connectivity index (χ1n) is 9.31. The van der Waals surface area contributed by atoms with Gasteiger partial charge in [0.25, 0.3) is 5.91 Å². The van der Waals surface area contributed by atoms with Crippen LogP contribution in [0.25, 0.3) is 0 Å². The summed E-state index contributed by atoms with van der Waals surface area (Å²) in [7, 11) is 0. The SMILES string of the molecule is O=C(N/N=C/c1cc(Cl)ccc1OCCCOc1ccccc1Cl)c1ccccc1. The van der Waals surface area contributed by atoms with E-state index in [1.165, 1.54) is 6.21 Å². The molecule has 0 fully saturated rings. The van der Waals surface area contributed by atoms with Crippen molar-refractivity contribution < 1.29 is 14.3 Å². The molecule has 0 spiro atoms. The van der Waals surface area contributed by atoms with Crippen molar-refractivity contribution >= 4 is 35.3 Å². The lowest BCUT2D eigenvalue weighted by Gasteiger charge is -2.11. The molecule has 3 rings (SSSR count). The third-order valence-corrected chi connectivity index (χ3v) is 4.57. The van der Waals surface area contributed by atoms with E-state index < -0.39 is 0 Å². The lowest BCUT2D eigenvalue weighted by atomic mass is 10.2. The number of nitrogens with zero attached hydrogens (tertiary/aromatic N) is 1. The van der Waals surface area contributed by atoms with Gasteiger partial charge < -0.3 is 9.47 Å². The average Bonchev–Trinajstić information content (AvgIpc) is 2.76. The Labute approximate surface area is 185 Å². The largest absolute Gasteiger partial charge is 0.493 e. The predicted octanol–water partition coefficient (Wildman–Crippen LogP) is 5.61. The summed E-state index contributed by atoms with van der Waals surface area (Å²) >= 11 is 12.1. The quantitative estimate of drug-likeness (QED) is 0.266. The van der Waals surface area contributed by atoms with Crippen molar-refractivity contribution in [3.05, 3.63) is 94.0 Å². The summed E-state index contributed by atoms with van der Waals surface area (Å²) in [5.41, 5.74) is 3.67. The lowest BCUT2D eigenvalue weighted by molar-refractivity contribution is 0.0955. The van der Waals surface area contributed by atoms with Gasteiger partial charge in [-0.1, -0.05) is 53.5 Å². The number of benzene rings is 3. The number of nitrogens with one attached hydrogen (secondary N) is 1. The maximum atomic E-state index is 12.1. The van der Waals surface area contributed by atoms with Gasteiger partial charge in [-0.3, -0.25) is 4.79 Å². The molecule has 154 valence electrons. The second kappa shape index (κ2) is 11.2. The van der Waals surface area contributed by atoms with Gasteiger partial charge in [-0.15, -0.1) is 0 Å². The van der Waals surface area contributed by atoms with Crippen molar-refractivity contribution in [1.82, 2.24) is 5.43 Å². The second-order valence-electron chi connectivity index (χ2n) is 6.23. The number of hydrazone groups is 1. The van der Waals surface area contributed by atoms with Crippen LogP contribution in [-0.2, 0) is 0 Å². The van der Waals surface area contributed by atoms with Crippen LogP contribution >= 0.6 is 23.2 Å². The monoisotopic (exact) mass is 442 g/mol. The highest BCUT2D eigenvalue weighted by molar-refractivity contribution is 6.32. The van der Waals surface area contributed by atoms with Gasteiger partial charge >= 0.3 is 0 Å². The molecule has 0 aliphatic carbocycles. The van der Waals surface area contributed by atoms with Crippen molar-refractivity contribution in [2.75, 3.05) is 13.2 Å². The molecular formula is C23H20Cl2N2O3. The van der Waals surface area contributed by atoms with E-state index in [-0.39, 0.29) is 5.91 Å². The van der Waals surface area contributed by atoms with E-state index in [9.17, 15) is 4.79 Å². The van der Waals surface area contributed by atoms with Gasteiger partial charge in [0.1, 0.15) is 11.5 Å². The molecule has 0 heterocycles. The van der Waals surface area contributed by atoms with E-state index >= 15 is 0 Å². The van der Waals surface area contributed by atoms with Crippen LogP contribution in [-0.4, -0.2) is 25.3 Å². The number of carbonyl (C=O) groups is 1. The Morgan fingerprint density at radius 2 is 1.60 bits per heavy atom. The third-order valence-electron chi connectivity index (χ3n) is 4.02. The molecular weight excluding hydrogens is 423 g/mol. The van der Waals surface area contributed by atoms with Gasteiger partial charge in [-0.25, -0.2) is 5.43 Å². The molecule has 0 bridgehead atoms. The van der Waals surface area contributed by atoms with E-state index in [2.05, 4.69) is 10.5 Å². The molecule has 0 saturated heterocycles. The lowest BCUT2D eigenvalue weighted by Crippen LogP contribution is -2.17. The van der Waals surface area contributed by atoms with Gasteiger partial charge in [0.05, 0.1) is 24.5 Å². The number of carbonyl (C=O) groups excluding carboxylic acids is 1.